The molecule has 128 valence electrons. The van der Waals surface area contributed by atoms with E-state index in [1.54, 1.807) is 48.7 Å². The molecular weight excluding hydrogens is 310 g/mol. The highest BCUT2D eigenvalue weighted by Crippen LogP contribution is 2.26. The maximum absolute atomic E-state index is 12.2. The van der Waals surface area contributed by atoms with E-state index in [9.17, 15) is 9.59 Å². The van der Waals surface area contributed by atoms with Crippen LogP contribution < -0.4 is 9.47 Å². The number of esters is 2. The van der Waals surface area contributed by atoms with E-state index in [1.165, 1.54) is 7.11 Å². The van der Waals surface area contributed by atoms with Gasteiger partial charge in [-0.15, -0.1) is 0 Å². The van der Waals surface area contributed by atoms with E-state index in [1.807, 2.05) is 6.92 Å². The predicted molar refractivity (Wildman–Crippen MR) is 88.5 cm³/mol. The molecule has 0 bridgehead atoms. The fraction of sp³-hybridized carbons (Fsp3) is 0.333. The largest absolute Gasteiger partial charge is 0.493 e. The molecule has 0 radical (unpaired) electrons. The van der Waals surface area contributed by atoms with Gasteiger partial charge < -0.3 is 18.8 Å². The Morgan fingerprint density at radius 2 is 1.79 bits per heavy atom. The van der Waals surface area contributed by atoms with E-state index in [2.05, 4.69) is 0 Å². The summed E-state index contributed by atoms with van der Waals surface area (Å²) in [6, 6.07) is 8.64. The lowest BCUT2D eigenvalue weighted by Crippen LogP contribution is -2.18. The molecule has 1 aromatic carbocycles. The first kappa shape index (κ1) is 17.6. The maximum Gasteiger partial charge on any atom is 0.339 e. The van der Waals surface area contributed by atoms with Crippen molar-refractivity contribution in [2.75, 3.05) is 13.7 Å². The smallest absolute Gasteiger partial charge is 0.339 e. The highest BCUT2D eigenvalue weighted by molar-refractivity contribution is 5.91. The monoisotopic (exact) mass is 331 g/mol. The molecule has 0 amide bonds. The minimum Gasteiger partial charge on any atom is -0.493 e. The van der Waals surface area contributed by atoms with Gasteiger partial charge in [-0.25, -0.2) is 9.59 Å². The van der Waals surface area contributed by atoms with Crippen molar-refractivity contribution in [3.63, 3.8) is 0 Å². The lowest BCUT2D eigenvalue weighted by molar-refractivity contribution is -0.135. The van der Waals surface area contributed by atoms with E-state index in [0.717, 1.165) is 5.69 Å². The minimum absolute atomic E-state index is 0.00484. The lowest BCUT2D eigenvalue weighted by Gasteiger charge is -2.11. The van der Waals surface area contributed by atoms with Gasteiger partial charge in [-0.2, -0.15) is 0 Å². The maximum atomic E-state index is 12.2. The fourth-order valence-corrected chi connectivity index (χ4v) is 2.45. The quantitative estimate of drug-likeness (QED) is 0.601. The molecule has 6 nitrogen and oxygen atoms in total. The van der Waals surface area contributed by atoms with Gasteiger partial charge in [-0.3, -0.25) is 0 Å². The van der Waals surface area contributed by atoms with Crippen LogP contribution >= 0.6 is 0 Å². The summed E-state index contributed by atoms with van der Waals surface area (Å²) in [7, 11) is 1.51. The first-order valence-corrected chi connectivity index (χ1v) is 7.65. The Bertz CT molecular complexity index is 748. The van der Waals surface area contributed by atoms with E-state index in [-0.39, 0.29) is 6.54 Å². The Kier molecular flexibility index (Phi) is 5.63. The average molecular weight is 331 g/mol. The van der Waals surface area contributed by atoms with Gasteiger partial charge in [0.15, 0.2) is 11.5 Å². The zero-order valence-electron chi connectivity index (χ0n) is 14.3. The molecule has 0 N–H and O–H groups in total. The number of hydrogen-bond acceptors (Lipinski definition) is 5. The molecule has 1 heterocycles. The standard InChI is InChI=1S/C18H21NO5/c1-5-23-18(21)14-10-12(2)19(13(14)3)11-17(20)24-16-9-7-6-8-15(16)22-4/h6-10H,5,11H2,1-4H3. The second kappa shape index (κ2) is 7.68. The molecule has 0 unspecified atom stereocenters. The molecule has 6 heteroatoms. The fourth-order valence-electron chi connectivity index (χ4n) is 2.45. The molecule has 24 heavy (non-hydrogen) atoms. The number of hydrogen-bond donors (Lipinski definition) is 0. The summed E-state index contributed by atoms with van der Waals surface area (Å²) in [5.41, 5.74) is 1.91. The van der Waals surface area contributed by atoms with Crippen LogP contribution in [0.15, 0.2) is 30.3 Å². The van der Waals surface area contributed by atoms with Crippen LogP contribution in [0.2, 0.25) is 0 Å². The lowest BCUT2D eigenvalue weighted by atomic mass is 10.2. The van der Waals surface area contributed by atoms with Crippen molar-refractivity contribution in [2.24, 2.45) is 0 Å². The van der Waals surface area contributed by atoms with Gasteiger partial charge in [-0.1, -0.05) is 12.1 Å². The van der Waals surface area contributed by atoms with Crippen molar-refractivity contribution in [2.45, 2.75) is 27.3 Å². The molecule has 0 aliphatic rings. The third-order valence-electron chi connectivity index (χ3n) is 3.65. The molecule has 0 spiro atoms. The number of carbonyl (C=O) groups excluding carboxylic acids is 2. The number of methoxy groups -OCH3 is 1. The second-order valence-corrected chi connectivity index (χ2v) is 5.22. The van der Waals surface area contributed by atoms with E-state index in [4.69, 9.17) is 14.2 Å². The van der Waals surface area contributed by atoms with Crippen LogP contribution in [0.5, 0.6) is 11.5 Å². The van der Waals surface area contributed by atoms with Crippen molar-refractivity contribution >= 4 is 11.9 Å². The summed E-state index contributed by atoms with van der Waals surface area (Å²) in [5, 5.41) is 0. The van der Waals surface area contributed by atoms with Gasteiger partial charge in [-0.05, 0) is 39.0 Å². The Morgan fingerprint density at radius 1 is 1.12 bits per heavy atom. The summed E-state index contributed by atoms with van der Waals surface area (Å²) in [6.07, 6.45) is 0. The zero-order valence-corrected chi connectivity index (χ0v) is 14.3. The SMILES string of the molecule is CCOC(=O)c1cc(C)n(CC(=O)Oc2ccccc2OC)c1C. The van der Waals surface area contributed by atoms with E-state index < -0.39 is 11.9 Å². The third kappa shape index (κ3) is 3.76. The molecule has 0 aliphatic heterocycles. The molecular formula is C18H21NO5. The van der Waals surface area contributed by atoms with Gasteiger partial charge in [0.2, 0.25) is 0 Å². The normalized spacial score (nSPS) is 10.3. The topological polar surface area (TPSA) is 66.8 Å². The van der Waals surface area contributed by atoms with Gasteiger partial charge in [0.25, 0.3) is 0 Å². The molecule has 0 saturated carbocycles. The summed E-state index contributed by atoms with van der Waals surface area (Å²) < 4.78 is 17.3. The summed E-state index contributed by atoms with van der Waals surface area (Å²) in [4.78, 5) is 24.2. The van der Waals surface area contributed by atoms with E-state index >= 15 is 0 Å². The minimum atomic E-state index is -0.447. The van der Waals surface area contributed by atoms with Crippen LogP contribution in [0.3, 0.4) is 0 Å². The number of carbonyl (C=O) groups is 2. The van der Waals surface area contributed by atoms with Crippen LogP contribution in [0.4, 0.5) is 0 Å². The molecule has 0 aliphatic carbocycles. The van der Waals surface area contributed by atoms with Crippen LogP contribution in [0.25, 0.3) is 0 Å². The van der Waals surface area contributed by atoms with Crippen LogP contribution in [0.1, 0.15) is 28.7 Å². The highest BCUT2D eigenvalue weighted by Gasteiger charge is 2.19. The Labute approximate surface area is 140 Å². The Morgan fingerprint density at radius 3 is 2.42 bits per heavy atom. The molecule has 0 fully saturated rings. The molecule has 2 rings (SSSR count). The first-order chi connectivity index (χ1) is 11.5. The van der Waals surface area contributed by atoms with Gasteiger partial charge in [0.05, 0.1) is 19.3 Å². The average Bonchev–Trinajstić information content (AvgIpc) is 2.84. The Balaban J connectivity index is 2.16. The molecule has 0 atom stereocenters. The van der Waals surface area contributed by atoms with Crippen molar-refractivity contribution < 1.29 is 23.8 Å². The number of para-hydroxylation sites is 2. The van der Waals surface area contributed by atoms with Gasteiger partial charge in [0.1, 0.15) is 6.54 Å². The van der Waals surface area contributed by atoms with E-state index in [0.29, 0.717) is 29.4 Å². The predicted octanol–water partition coefficient (Wildman–Crippen LogP) is 2.90. The van der Waals surface area contributed by atoms with Crippen LogP contribution in [-0.4, -0.2) is 30.2 Å². The van der Waals surface area contributed by atoms with Crippen LogP contribution in [0, 0.1) is 13.8 Å². The number of ether oxygens (including phenoxy) is 3. The van der Waals surface area contributed by atoms with Crippen molar-refractivity contribution in [3.8, 4) is 11.5 Å². The third-order valence-corrected chi connectivity index (χ3v) is 3.65. The van der Waals surface area contributed by atoms with Gasteiger partial charge in [0, 0.05) is 11.4 Å². The number of benzene rings is 1. The molecule has 0 saturated heterocycles. The number of rotatable bonds is 6. The number of nitrogens with zero attached hydrogens (tertiary/aromatic N) is 1. The summed E-state index contributed by atoms with van der Waals surface area (Å²) in [5.74, 6) is 0.00347. The van der Waals surface area contributed by atoms with Crippen LogP contribution in [-0.2, 0) is 16.1 Å². The number of aryl methyl sites for hydroxylation is 1. The summed E-state index contributed by atoms with van der Waals surface area (Å²) >= 11 is 0. The zero-order chi connectivity index (χ0) is 17.7. The number of aromatic nitrogens is 1. The van der Waals surface area contributed by atoms with Crippen molar-refractivity contribution in [1.29, 1.82) is 0 Å². The second-order valence-electron chi connectivity index (χ2n) is 5.22. The first-order valence-electron chi connectivity index (χ1n) is 7.65. The van der Waals surface area contributed by atoms with Crippen molar-refractivity contribution in [1.82, 2.24) is 4.57 Å². The highest BCUT2D eigenvalue weighted by atomic mass is 16.6. The molecule has 2 aromatic rings. The van der Waals surface area contributed by atoms with Crippen molar-refractivity contribution in [3.05, 3.63) is 47.3 Å². The molecule has 1 aromatic heterocycles. The summed E-state index contributed by atoms with van der Waals surface area (Å²) in [6.45, 7) is 5.65. The van der Waals surface area contributed by atoms with Gasteiger partial charge >= 0.3 is 11.9 Å². The Hall–Kier alpha value is -2.76.